The fourth-order valence-electron chi connectivity index (χ4n) is 2.31. The van der Waals surface area contributed by atoms with E-state index in [9.17, 15) is 0 Å². The summed E-state index contributed by atoms with van der Waals surface area (Å²) in [5.74, 6) is 1.00. The fraction of sp³-hybridized carbons (Fsp3) is 0.375. The molecule has 0 radical (unpaired) electrons. The summed E-state index contributed by atoms with van der Waals surface area (Å²) in [5.41, 5.74) is 10.2. The Bertz CT molecular complexity index is 557. The van der Waals surface area contributed by atoms with E-state index < -0.39 is 0 Å². The lowest BCUT2D eigenvalue weighted by Crippen LogP contribution is -2.22. The van der Waals surface area contributed by atoms with Gasteiger partial charge in [0.15, 0.2) is 0 Å². The number of hydrogen-bond donors (Lipinski definition) is 1. The van der Waals surface area contributed by atoms with Crippen LogP contribution in [0, 0.1) is 13.8 Å². The minimum Gasteiger partial charge on any atom is -0.327 e. The normalized spacial score (nSPS) is 14.2. The van der Waals surface area contributed by atoms with Crippen molar-refractivity contribution in [2.45, 2.75) is 37.8 Å². The summed E-state index contributed by atoms with van der Waals surface area (Å²) in [6.07, 6.45) is 0. The third-order valence-electron chi connectivity index (χ3n) is 3.06. The van der Waals surface area contributed by atoms with Crippen LogP contribution in [0.25, 0.3) is 0 Å². The summed E-state index contributed by atoms with van der Waals surface area (Å²) in [6, 6.07) is 11.2. The monoisotopic (exact) mass is 369 g/mol. The van der Waals surface area contributed by atoms with Crippen molar-refractivity contribution in [3.8, 4) is 0 Å². The van der Waals surface area contributed by atoms with Gasteiger partial charge in [0.1, 0.15) is 0 Å². The van der Waals surface area contributed by atoms with E-state index in [0.29, 0.717) is 5.25 Å². The van der Waals surface area contributed by atoms with E-state index in [2.05, 4.69) is 67.0 Å². The number of rotatable bonds is 5. The highest BCUT2D eigenvalue weighted by molar-refractivity contribution is 9.11. The summed E-state index contributed by atoms with van der Waals surface area (Å²) in [5, 5.41) is 0.354. The van der Waals surface area contributed by atoms with Crippen molar-refractivity contribution in [3.05, 3.63) is 55.7 Å². The maximum absolute atomic E-state index is 6.17. The van der Waals surface area contributed by atoms with Gasteiger partial charge < -0.3 is 5.73 Å². The molecule has 0 aliphatic carbocycles. The van der Waals surface area contributed by atoms with Gasteiger partial charge in [-0.3, -0.25) is 0 Å². The van der Waals surface area contributed by atoms with Crippen LogP contribution in [-0.4, -0.2) is 6.04 Å². The number of benzene rings is 1. The second kappa shape index (κ2) is 7.12. The number of halogens is 1. The van der Waals surface area contributed by atoms with Crippen LogP contribution in [0.15, 0.2) is 34.1 Å². The SMILES string of the molecule is Cc1cc(C)cc(CSC(c2ccc(Br)s2)C(C)N)c1. The lowest BCUT2D eigenvalue weighted by atomic mass is 10.1. The van der Waals surface area contributed by atoms with E-state index in [1.54, 1.807) is 11.3 Å². The Hall–Kier alpha value is -0.290. The van der Waals surface area contributed by atoms with E-state index in [0.717, 1.165) is 5.75 Å². The number of aryl methyl sites for hydroxylation is 2. The van der Waals surface area contributed by atoms with Crippen molar-refractivity contribution in [1.29, 1.82) is 0 Å². The van der Waals surface area contributed by atoms with E-state index in [-0.39, 0.29) is 6.04 Å². The van der Waals surface area contributed by atoms with Gasteiger partial charge in [-0.25, -0.2) is 0 Å². The Morgan fingerprint density at radius 2 is 1.85 bits per heavy atom. The van der Waals surface area contributed by atoms with Crippen molar-refractivity contribution in [3.63, 3.8) is 0 Å². The molecule has 20 heavy (non-hydrogen) atoms. The average molecular weight is 370 g/mol. The van der Waals surface area contributed by atoms with Crippen molar-refractivity contribution in [2.75, 3.05) is 0 Å². The number of nitrogens with two attached hydrogens (primary N) is 1. The zero-order valence-electron chi connectivity index (χ0n) is 12.0. The summed E-state index contributed by atoms with van der Waals surface area (Å²) < 4.78 is 1.17. The quantitative estimate of drug-likeness (QED) is 0.757. The number of thiophene rings is 1. The zero-order valence-corrected chi connectivity index (χ0v) is 15.2. The Kier molecular flexibility index (Phi) is 5.73. The third-order valence-corrected chi connectivity index (χ3v) is 6.46. The van der Waals surface area contributed by atoms with E-state index in [1.165, 1.54) is 25.4 Å². The molecule has 1 heterocycles. The lowest BCUT2D eigenvalue weighted by Gasteiger charge is -2.19. The smallest absolute Gasteiger partial charge is 0.0701 e. The molecule has 1 aromatic heterocycles. The summed E-state index contributed by atoms with van der Waals surface area (Å²) in [4.78, 5) is 1.35. The number of hydrogen-bond acceptors (Lipinski definition) is 3. The van der Waals surface area contributed by atoms with E-state index >= 15 is 0 Å². The topological polar surface area (TPSA) is 26.0 Å². The van der Waals surface area contributed by atoms with Crippen molar-refractivity contribution >= 4 is 39.0 Å². The van der Waals surface area contributed by atoms with E-state index in [4.69, 9.17) is 5.73 Å². The van der Waals surface area contributed by atoms with Crippen LogP contribution in [0.5, 0.6) is 0 Å². The van der Waals surface area contributed by atoms with Gasteiger partial charge in [0.05, 0.1) is 9.04 Å². The van der Waals surface area contributed by atoms with Gasteiger partial charge in [0.25, 0.3) is 0 Å². The molecule has 1 nitrogen and oxygen atoms in total. The Morgan fingerprint density at radius 1 is 1.20 bits per heavy atom. The van der Waals surface area contributed by atoms with Gasteiger partial charge in [-0.15, -0.1) is 23.1 Å². The van der Waals surface area contributed by atoms with Gasteiger partial charge in [-0.1, -0.05) is 29.3 Å². The molecule has 0 aliphatic rings. The van der Waals surface area contributed by atoms with Gasteiger partial charge in [0.2, 0.25) is 0 Å². The van der Waals surface area contributed by atoms with Crippen LogP contribution in [0.3, 0.4) is 0 Å². The Balaban J connectivity index is 2.09. The second-order valence-electron chi connectivity index (χ2n) is 5.23. The predicted octanol–water partition coefficient (Wildman–Crippen LogP) is 5.45. The molecule has 0 spiro atoms. The molecule has 0 saturated carbocycles. The predicted molar refractivity (Wildman–Crippen MR) is 95.6 cm³/mol. The van der Waals surface area contributed by atoms with Crippen LogP contribution in [0.1, 0.15) is 33.7 Å². The Labute approximate surface area is 138 Å². The zero-order chi connectivity index (χ0) is 14.7. The molecule has 108 valence electrons. The van der Waals surface area contributed by atoms with Crippen LogP contribution in [0.4, 0.5) is 0 Å². The molecular formula is C16H20BrNS2. The molecule has 0 fully saturated rings. The van der Waals surface area contributed by atoms with Crippen LogP contribution < -0.4 is 5.73 Å². The molecule has 0 bridgehead atoms. The summed E-state index contributed by atoms with van der Waals surface area (Å²) >= 11 is 7.25. The maximum atomic E-state index is 6.17. The van der Waals surface area contributed by atoms with Crippen molar-refractivity contribution < 1.29 is 0 Å². The standard InChI is InChI=1S/C16H20BrNS2/c1-10-6-11(2)8-13(7-10)9-19-16(12(3)18)14-4-5-15(17)20-14/h4-8,12,16H,9,18H2,1-3H3. The first-order valence-electron chi connectivity index (χ1n) is 6.65. The summed E-state index contributed by atoms with van der Waals surface area (Å²) in [7, 11) is 0. The molecule has 0 amide bonds. The molecule has 2 aromatic rings. The average Bonchev–Trinajstić information content (AvgIpc) is 2.74. The minimum absolute atomic E-state index is 0.149. The molecular weight excluding hydrogens is 350 g/mol. The second-order valence-corrected chi connectivity index (χ2v) is 8.85. The molecule has 2 rings (SSSR count). The highest BCUT2D eigenvalue weighted by Crippen LogP contribution is 2.39. The minimum atomic E-state index is 0.149. The fourth-order valence-corrected chi connectivity index (χ4v) is 5.27. The molecule has 1 aromatic carbocycles. The van der Waals surface area contributed by atoms with E-state index in [1.807, 2.05) is 11.8 Å². The number of thioether (sulfide) groups is 1. The Morgan fingerprint density at radius 3 is 2.35 bits per heavy atom. The first kappa shape index (κ1) is 16.1. The van der Waals surface area contributed by atoms with Crippen molar-refractivity contribution in [2.24, 2.45) is 5.73 Å². The third kappa shape index (κ3) is 4.35. The summed E-state index contributed by atoms with van der Waals surface area (Å²) in [6.45, 7) is 6.40. The molecule has 2 unspecified atom stereocenters. The molecule has 2 atom stereocenters. The van der Waals surface area contributed by atoms with Gasteiger partial charge in [-0.05, 0) is 54.4 Å². The van der Waals surface area contributed by atoms with Gasteiger partial charge >= 0.3 is 0 Å². The first-order chi connectivity index (χ1) is 9.45. The molecule has 0 saturated heterocycles. The van der Waals surface area contributed by atoms with Gasteiger partial charge in [0, 0.05) is 16.7 Å². The molecule has 0 aliphatic heterocycles. The lowest BCUT2D eigenvalue weighted by molar-refractivity contribution is 0.730. The van der Waals surface area contributed by atoms with Crippen molar-refractivity contribution in [1.82, 2.24) is 0 Å². The highest BCUT2D eigenvalue weighted by atomic mass is 79.9. The largest absolute Gasteiger partial charge is 0.327 e. The van der Waals surface area contributed by atoms with Gasteiger partial charge in [-0.2, -0.15) is 0 Å². The molecule has 4 heteroatoms. The van der Waals surface area contributed by atoms with Crippen LogP contribution >= 0.6 is 39.0 Å². The van der Waals surface area contributed by atoms with Crippen LogP contribution in [0.2, 0.25) is 0 Å². The first-order valence-corrected chi connectivity index (χ1v) is 9.31. The maximum Gasteiger partial charge on any atom is 0.0701 e. The molecule has 2 N–H and O–H groups in total. The highest BCUT2D eigenvalue weighted by Gasteiger charge is 2.18. The van der Waals surface area contributed by atoms with Crippen LogP contribution in [-0.2, 0) is 5.75 Å².